The van der Waals surface area contributed by atoms with Gasteiger partial charge in [-0.1, -0.05) is 55.2 Å². The summed E-state index contributed by atoms with van der Waals surface area (Å²) in [4.78, 5) is 26.0. The van der Waals surface area contributed by atoms with Gasteiger partial charge in [0.1, 0.15) is 0 Å². The van der Waals surface area contributed by atoms with Gasteiger partial charge in [-0.2, -0.15) is 0 Å². The van der Waals surface area contributed by atoms with E-state index < -0.39 is 15.9 Å². The Labute approximate surface area is 206 Å². The number of aryl methyl sites for hydroxylation is 1. The second kappa shape index (κ2) is 10.7. The van der Waals surface area contributed by atoms with Crippen molar-refractivity contribution < 1.29 is 18.0 Å². The SMILES string of the molecule is Cc1ccc(S(=O)(=O)Nc2cccc(C(=O)Nc3ccccc3C(=O)NC3CCCCC3)c2)cc1. The van der Waals surface area contributed by atoms with Crippen molar-refractivity contribution in [1.29, 1.82) is 0 Å². The van der Waals surface area contributed by atoms with Gasteiger partial charge >= 0.3 is 0 Å². The molecule has 182 valence electrons. The third-order valence-corrected chi connectivity index (χ3v) is 7.47. The normalized spacial score (nSPS) is 14.2. The number of rotatable bonds is 7. The zero-order chi connectivity index (χ0) is 24.8. The van der Waals surface area contributed by atoms with Gasteiger partial charge in [-0.15, -0.1) is 0 Å². The van der Waals surface area contributed by atoms with Crippen LogP contribution in [0.15, 0.2) is 77.7 Å². The van der Waals surface area contributed by atoms with Crippen molar-refractivity contribution in [2.75, 3.05) is 10.0 Å². The topological polar surface area (TPSA) is 104 Å². The molecule has 2 amide bonds. The smallest absolute Gasteiger partial charge is 0.261 e. The number of carbonyl (C=O) groups is 2. The van der Waals surface area contributed by atoms with E-state index in [0.29, 0.717) is 11.3 Å². The molecule has 0 radical (unpaired) electrons. The van der Waals surface area contributed by atoms with Gasteiger partial charge in [0, 0.05) is 17.3 Å². The number of hydrogen-bond acceptors (Lipinski definition) is 4. The minimum Gasteiger partial charge on any atom is -0.349 e. The van der Waals surface area contributed by atoms with Crippen LogP contribution >= 0.6 is 0 Å². The Kier molecular flexibility index (Phi) is 7.51. The van der Waals surface area contributed by atoms with Crippen molar-refractivity contribution >= 4 is 33.2 Å². The molecule has 0 atom stereocenters. The Balaban J connectivity index is 1.48. The second-order valence-electron chi connectivity index (χ2n) is 8.81. The van der Waals surface area contributed by atoms with E-state index >= 15 is 0 Å². The molecular weight excluding hydrogens is 462 g/mol. The molecule has 4 rings (SSSR count). The highest BCUT2D eigenvalue weighted by Crippen LogP contribution is 2.22. The van der Waals surface area contributed by atoms with Crippen molar-refractivity contribution in [3.63, 3.8) is 0 Å². The Bertz CT molecular complexity index is 1310. The van der Waals surface area contributed by atoms with Gasteiger partial charge in [0.25, 0.3) is 21.8 Å². The van der Waals surface area contributed by atoms with Gasteiger partial charge in [0.05, 0.1) is 16.1 Å². The van der Waals surface area contributed by atoms with Crippen molar-refractivity contribution in [2.45, 2.75) is 50.0 Å². The summed E-state index contributed by atoms with van der Waals surface area (Å²) < 4.78 is 27.9. The molecule has 0 spiro atoms. The number of amides is 2. The van der Waals surface area contributed by atoms with E-state index in [-0.39, 0.29) is 28.1 Å². The Hall–Kier alpha value is -3.65. The third kappa shape index (κ3) is 6.27. The molecule has 3 aromatic rings. The first kappa shape index (κ1) is 24.5. The van der Waals surface area contributed by atoms with Crippen LogP contribution in [0.3, 0.4) is 0 Å². The molecule has 3 aromatic carbocycles. The maximum Gasteiger partial charge on any atom is 0.261 e. The first-order chi connectivity index (χ1) is 16.8. The number of sulfonamides is 1. The Morgan fingerprint density at radius 1 is 0.829 bits per heavy atom. The van der Waals surface area contributed by atoms with E-state index in [4.69, 9.17) is 0 Å². The number of carbonyl (C=O) groups excluding carboxylic acids is 2. The fourth-order valence-corrected chi connectivity index (χ4v) is 5.20. The first-order valence-electron chi connectivity index (χ1n) is 11.7. The predicted octanol–water partition coefficient (Wildman–Crippen LogP) is 5.11. The average molecular weight is 492 g/mol. The molecule has 1 aliphatic carbocycles. The van der Waals surface area contributed by atoms with Crippen LogP contribution in [0.25, 0.3) is 0 Å². The molecule has 8 heteroatoms. The van der Waals surface area contributed by atoms with Crippen LogP contribution in [-0.4, -0.2) is 26.3 Å². The Morgan fingerprint density at radius 2 is 1.54 bits per heavy atom. The molecule has 0 unspecified atom stereocenters. The van der Waals surface area contributed by atoms with E-state index in [1.165, 1.54) is 24.6 Å². The number of benzene rings is 3. The van der Waals surface area contributed by atoms with Crippen LogP contribution in [0.4, 0.5) is 11.4 Å². The predicted molar refractivity (Wildman–Crippen MR) is 137 cm³/mol. The van der Waals surface area contributed by atoms with Gasteiger partial charge < -0.3 is 10.6 Å². The highest BCUT2D eigenvalue weighted by atomic mass is 32.2. The summed E-state index contributed by atoms with van der Waals surface area (Å²) >= 11 is 0. The molecular formula is C27H29N3O4S. The van der Waals surface area contributed by atoms with Crippen molar-refractivity contribution in [1.82, 2.24) is 5.32 Å². The molecule has 0 bridgehead atoms. The van der Waals surface area contributed by atoms with Gasteiger partial charge in [0.15, 0.2) is 0 Å². The summed E-state index contributed by atoms with van der Waals surface area (Å²) in [5, 5.41) is 5.87. The van der Waals surface area contributed by atoms with Gasteiger partial charge in [-0.3, -0.25) is 14.3 Å². The van der Waals surface area contributed by atoms with Gasteiger partial charge in [-0.05, 0) is 62.2 Å². The zero-order valence-electron chi connectivity index (χ0n) is 19.6. The van der Waals surface area contributed by atoms with Crippen LogP contribution in [-0.2, 0) is 10.0 Å². The minimum atomic E-state index is -3.80. The maximum atomic E-state index is 13.0. The van der Waals surface area contributed by atoms with Crippen molar-refractivity contribution in [3.05, 3.63) is 89.5 Å². The molecule has 0 aromatic heterocycles. The highest BCUT2D eigenvalue weighted by molar-refractivity contribution is 7.92. The number of nitrogens with one attached hydrogen (secondary N) is 3. The van der Waals surface area contributed by atoms with Crippen LogP contribution < -0.4 is 15.4 Å². The molecule has 7 nitrogen and oxygen atoms in total. The van der Waals surface area contributed by atoms with Gasteiger partial charge in [-0.25, -0.2) is 8.42 Å². The molecule has 1 fully saturated rings. The van der Waals surface area contributed by atoms with E-state index in [0.717, 1.165) is 31.2 Å². The summed E-state index contributed by atoms with van der Waals surface area (Å²) in [7, 11) is -3.80. The lowest BCUT2D eigenvalue weighted by molar-refractivity contribution is 0.0928. The zero-order valence-corrected chi connectivity index (χ0v) is 20.4. The molecule has 3 N–H and O–H groups in total. The van der Waals surface area contributed by atoms with E-state index in [1.54, 1.807) is 54.6 Å². The summed E-state index contributed by atoms with van der Waals surface area (Å²) in [6.07, 6.45) is 5.33. The van der Waals surface area contributed by atoms with Crippen LogP contribution in [0.2, 0.25) is 0 Å². The fraction of sp³-hybridized carbons (Fsp3) is 0.259. The monoisotopic (exact) mass is 491 g/mol. The lowest BCUT2D eigenvalue weighted by Gasteiger charge is -2.23. The van der Waals surface area contributed by atoms with E-state index in [2.05, 4.69) is 15.4 Å². The molecule has 1 saturated carbocycles. The number of anilines is 2. The molecule has 0 heterocycles. The maximum absolute atomic E-state index is 13.0. The third-order valence-electron chi connectivity index (χ3n) is 6.07. The first-order valence-corrected chi connectivity index (χ1v) is 13.2. The number of para-hydroxylation sites is 1. The van der Waals surface area contributed by atoms with E-state index in [1.807, 2.05) is 6.92 Å². The lowest BCUT2D eigenvalue weighted by atomic mass is 9.95. The summed E-state index contributed by atoms with van der Waals surface area (Å²) in [6, 6.07) is 19.8. The standard InChI is InChI=1S/C27H29N3O4S/c1-19-14-16-23(17-15-19)35(33,34)30-22-11-7-8-20(18-22)26(31)29-25-13-6-5-12-24(25)27(32)28-21-9-3-2-4-10-21/h5-8,11-18,21,30H,2-4,9-10H2,1H3,(H,28,32)(H,29,31). The average Bonchev–Trinajstić information content (AvgIpc) is 2.85. The summed E-state index contributed by atoms with van der Waals surface area (Å²) in [6.45, 7) is 1.88. The van der Waals surface area contributed by atoms with Crippen LogP contribution in [0.5, 0.6) is 0 Å². The summed E-state index contributed by atoms with van der Waals surface area (Å²) in [5.74, 6) is -0.660. The largest absolute Gasteiger partial charge is 0.349 e. The van der Waals surface area contributed by atoms with Crippen LogP contribution in [0.1, 0.15) is 58.4 Å². The summed E-state index contributed by atoms with van der Waals surface area (Å²) in [5.41, 5.74) is 2.27. The molecule has 1 aliphatic rings. The number of hydrogen-bond donors (Lipinski definition) is 3. The van der Waals surface area contributed by atoms with Crippen molar-refractivity contribution in [3.8, 4) is 0 Å². The molecule has 0 aliphatic heterocycles. The fourth-order valence-electron chi connectivity index (χ4n) is 4.15. The quantitative estimate of drug-likeness (QED) is 0.427. The van der Waals surface area contributed by atoms with Crippen LogP contribution in [0, 0.1) is 6.92 Å². The lowest BCUT2D eigenvalue weighted by Crippen LogP contribution is -2.36. The van der Waals surface area contributed by atoms with Crippen molar-refractivity contribution in [2.24, 2.45) is 0 Å². The second-order valence-corrected chi connectivity index (χ2v) is 10.5. The van der Waals surface area contributed by atoms with E-state index in [9.17, 15) is 18.0 Å². The molecule has 0 saturated heterocycles. The van der Waals surface area contributed by atoms with Gasteiger partial charge in [0.2, 0.25) is 0 Å². The minimum absolute atomic E-state index is 0.135. The Morgan fingerprint density at radius 3 is 2.29 bits per heavy atom. The molecule has 35 heavy (non-hydrogen) atoms. The highest BCUT2D eigenvalue weighted by Gasteiger charge is 2.20.